The van der Waals surface area contributed by atoms with Crippen molar-refractivity contribution in [3.05, 3.63) is 67.0 Å². The van der Waals surface area contributed by atoms with Gasteiger partial charge in [-0.15, -0.1) is 0 Å². The quantitative estimate of drug-likeness (QED) is 0.582. The van der Waals surface area contributed by atoms with Gasteiger partial charge >= 0.3 is 5.97 Å². The lowest BCUT2D eigenvalue weighted by Gasteiger charge is -2.05. The van der Waals surface area contributed by atoms with Gasteiger partial charge in [0.15, 0.2) is 0 Å². The summed E-state index contributed by atoms with van der Waals surface area (Å²) in [4.78, 5) is 27.5. The Morgan fingerprint density at radius 1 is 1.04 bits per heavy atom. The van der Waals surface area contributed by atoms with E-state index >= 15 is 0 Å². The van der Waals surface area contributed by atoms with Gasteiger partial charge in [0, 0.05) is 46.9 Å². The van der Waals surface area contributed by atoms with Gasteiger partial charge in [-0.2, -0.15) is 0 Å². The maximum absolute atomic E-state index is 11.8. The van der Waals surface area contributed by atoms with E-state index in [4.69, 9.17) is 4.74 Å². The Kier molecular flexibility index (Phi) is 3.70. The molecule has 1 N–H and O–H groups in total. The van der Waals surface area contributed by atoms with Crippen molar-refractivity contribution >= 4 is 17.0 Å². The number of aromatic nitrogens is 4. The Hall–Kier alpha value is -3.54. The summed E-state index contributed by atoms with van der Waals surface area (Å²) in [7, 11) is 1.37. The number of methoxy groups -OCH3 is 1. The zero-order valence-electron chi connectivity index (χ0n) is 13.4. The van der Waals surface area contributed by atoms with Crippen LogP contribution in [0.15, 0.2) is 61.4 Å². The Balaban J connectivity index is 1.83. The molecular formula is C19H14N4O2. The van der Waals surface area contributed by atoms with Gasteiger partial charge in [0.25, 0.3) is 0 Å². The molecule has 0 aliphatic rings. The summed E-state index contributed by atoms with van der Waals surface area (Å²) in [6.07, 6.45) is 8.70. The molecule has 122 valence electrons. The SMILES string of the molecule is COC(=O)c1cccc(-c2cnc3[nH]cc(-c4cncnc4)c3c2)c1. The first kappa shape index (κ1) is 15.0. The number of benzene rings is 1. The fraction of sp³-hybridized carbons (Fsp3) is 0.0526. The van der Waals surface area contributed by atoms with Gasteiger partial charge in [0.2, 0.25) is 0 Å². The van der Waals surface area contributed by atoms with Crippen LogP contribution in [0.5, 0.6) is 0 Å². The van der Waals surface area contributed by atoms with E-state index in [0.29, 0.717) is 5.56 Å². The lowest BCUT2D eigenvalue weighted by Crippen LogP contribution is -2.00. The van der Waals surface area contributed by atoms with Crippen LogP contribution < -0.4 is 0 Å². The van der Waals surface area contributed by atoms with Crippen LogP contribution in [0.25, 0.3) is 33.3 Å². The molecule has 3 heterocycles. The predicted molar refractivity (Wildman–Crippen MR) is 93.9 cm³/mol. The van der Waals surface area contributed by atoms with Crippen LogP contribution in [0.2, 0.25) is 0 Å². The minimum absolute atomic E-state index is 0.361. The lowest BCUT2D eigenvalue weighted by molar-refractivity contribution is 0.0601. The third-order valence-electron chi connectivity index (χ3n) is 4.02. The van der Waals surface area contributed by atoms with Crippen LogP contribution in [-0.4, -0.2) is 33.0 Å². The van der Waals surface area contributed by atoms with Crippen LogP contribution in [0, 0.1) is 0 Å². The van der Waals surface area contributed by atoms with E-state index in [1.54, 1.807) is 30.7 Å². The van der Waals surface area contributed by atoms with Crippen molar-refractivity contribution in [2.75, 3.05) is 7.11 Å². The smallest absolute Gasteiger partial charge is 0.337 e. The summed E-state index contributed by atoms with van der Waals surface area (Å²) in [5, 5.41) is 0.968. The minimum atomic E-state index is -0.361. The summed E-state index contributed by atoms with van der Waals surface area (Å²) in [6.45, 7) is 0. The zero-order chi connectivity index (χ0) is 17.2. The monoisotopic (exact) mass is 330 g/mol. The molecule has 1 aromatic carbocycles. The molecular weight excluding hydrogens is 316 g/mol. The van der Waals surface area contributed by atoms with Crippen LogP contribution in [0.4, 0.5) is 0 Å². The molecule has 0 saturated carbocycles. The van der Waals surface area contributed by atoms with Crippen molar-refractivity contribution in [1.29, 1.82) is 0 Å². The fourth-order valence-corrected chi connectivity index (χ4v) is 2.78. The van der Waals surface area contributed by atoms with Crippen LogP contribution in [0.3, 0.4) is 0 Å². The molecule has 0 aliphatic heterocycles. The predicted octanol–water partition coefficient (Wildman–Crippen LogP) is 3.47. The minimum Gasteiger partial charge on any atom is -0.465 e. The van der Waals surface area contributed by atoms with Crippen molar-refractivity contribution in [2.24, 2.45) is 0 Å². The first-order valence-corrected chi connectivity index (χ1v) is 7.67. The second-order valence-corrected chi connectivity index (χ2v) is 5.52. The first-order chi connectivity index (χ1) is 12.3. The fourth-order valence-electron chi connectivity index (χ4n) is 2.78. The topological polar surface area (TPSA) is 80.8 Å². The van der Waals surface area contributed by atoms with Crippen molar-refractivity contribution < 1.29 is 9.53 Å². The molecule has 4 rings (SSSR count). The van der Waals surface area contributed by atoms with Crippen molar-refractivity contribution in [3.8, 4) is 22.3 Å². The van der Waals surface area contributed by atoms with E-state index in [0.717, 1.165) is 33.3 Å². The Labute approximate surface area is 143 Å². The van der Waals surface area contributed by atoms with Crippen molar-refractivity contribution in [2.45, 2.75) is 0 Å². The normalized spacial score (nSPS) is 10.8. The first-order valence-electron chi connectivity index (χ1n) is 7.67. The number of hydrogen-bond acceptors (Lipinski definition) is 5. The molecule has 4 aromatic rings. The number of ether oxygens (including phenoxy) is 1. The molecule has 0 saturated heterocycles. The maximum atomic E-state index is 11.8. The van der Waals surface area contributed by atoms with Gasteiger partial charge in [-0.3, -0.25) is 0 Å². The highest BCUT2D eigenvalue weighted by Crippen LogP contribution is 2.30. The van der Waals surface area contributed by atoms with Crippen LogP contribution in [0.1, 0.15) is 10.4 Å². The van der Waals surface area contributed by atoms with Crippen molar-refractivity contribution in [3.63, 3.8) is 0 Å². The molecule has 0 spiro atoms. The number of nitrogens with one attached hydrogen (secondary N) is 1. The number of pyridine rings is 1. The number of esters is 1. The molecule has 25 heavy (non-hydrogen) atoms. The number of carbonyl (C=O) groups excluding carboxylic acids is 1. The molecule has 0 atom stereocenters. The molecule has 0 unspecified atom stereocenters. The van der Waals surface area contributed by atoms with Gasteiger partial charge in [-0.05, 0) is 23.8 Å². The van der Waals surface area contributed by atoms with E-state index < -0.39 is 0 Å². The highest BCUT2D eigenvalue weighted by Gasteiger charge is 2.11. The summed E-state index contributed by atoms with van der Waals surface area (Å²) in [5.74, 6) is -0.361. The molecule has 0 radical (unpaired) electrons. The molecule has 0 aliphatic carbocycles. The standard InChI is InChI=1S/C19H14N4O2/c1-25-19(24)13-4-2-3-12(5-13)14-6-16-17(10-23-18(16)22-9-14)15-7-20-11-21-8-15/h2-11H,1H3,(H,22,23). The maximum Gasteiger partial charge on any atom is 0.337 e. The summed E-state index contributed by atoms with van der Waals surface area (Å²) < 4.78 is 4.79. The molecule has 6 heteroatoms. The summed E-state index contributed by atoms with van der Waals surface area (Å²) in [5.41, 5.74) is 4.99. The second kappa shape index (κ2) is 6.16. The van der Waals surface area contributed by atoms with Gasteiger partial charge in [-0.25, -0.2) is 19.7 Å². The van der Waals surface area contributed by atoms with Gasteiger partial charge in [0.1, 0.15) is 12.0 Å². The Morgan fingerprint density at radius 3 is 2.68 bits per heavy atom. The second-order valence-electron chi connectivity index (χ2n) is 5.52. The van der Waals surface area contributed by atoms with E-state index in [1.807, 2.05) is 24.4 Å². The average Bonchev–Trinajstić information content (AvgIpc) is 3.11. The molecule has 0 amide bonds. The van der Waals surface area contributed by atoms with Crippen LogP contribution in [-0.2, 0) is 4.74 Å². The number of hydrogen-bond donors (Lipinski definition) is 1. The van der Waals surface area contributed by atoms with Gasteiger partial charge in [-0.1, -0.05) is 12.1 Å². The van der Waals surface area contributed by atoms with Crippen molar-refractivity contribution in [1.82, 2.24) is 19.9 Å². The number of H-pyrrole nitrogens is 1. The van der Waals surface area contributed by atoms with E-state index in [2.05, 4.69) is 19.9 Å². The molecule has 6 nitrogen and oxygen atoms in total. The van der Waals surface area contributed by atoms with Crippen LogP contribution >= 0.6 is 0 Å². The Morgan fingerprint density at radius 2 is 1.88 bits per heavy atom. The largest absolute Gasteiger partial charge is 0.465 e. The summed E-state index contributed by atoms with van der Waals surface area (Å²) in [6, 6.07) is 9.33. The van der Waals surface area contributed by atoms with E-state index in [-0.39, 0.29) is 5.97 Å². The number of carbonyl (C=O) groups is 1. The molecule has 0 bridgehead atoms. The van der Waals surface area contributed by atoms with E-state index in [1.165, 1.54) is 13.4 Å². The lowest BCUT2D eigenvalue weighted by atomic mass is 10.0. The number of fused-ring (bicyclic) bond motifs is 1. The van der Waals surface area contributed by atoms with Gasteiger partial charge in [0.05, 0.1) is 12.7 Å². The Bertz CT molecular complexity index is 1060. The average molecular weight is 330 g/mol. The highest BCUT2D eigenvalue weighted by molar-refractivity contribution is 5.96. The van der Waals surface area contributed by atoms with Gasteiger partial charge < -0.3 is 9.72 Å². The van der Waals surface area contributed by atoms with E-state index in [9.17, 15) is 4.79 Å². The zero-order valence-corrected chi connectivity index (χ0v) is 13.4. The summed E-state index contributed by atoms with van der Waals surface area (Å²) >= 11 is 0. The molecule has 0 fully saturated rings. The third-order valence-corrected chi connectivity index (χ3v) is 4.02. The number of aromatic amines is 1. The number of nitrogens with zero attached hydrogens (tertiary/aromatic N) is 3. The molecule has 3 aromatic heterocycles. The number of rotatable bonds is 3. The highest BCUT2D eigenvalue weighted by atomic mass is 16.5. The third kappa shape index (κ3) is 2.74.